The van der Waals surface area contributed by atoms with Gasteiger partial charge in [-0.25, -0.2) is 0 Å². The second-order valence-electron chi connectivity index (χ2n) is 2.60. The molecule has 0 bridgehead atoms. The van der Waals surface area contributed by atoms with Gasteiger partial charge in [0.1, 0.15) is 0 Å². The zero-order chi connectivity index (χ0) is 6.97. The molecule has 0 aromatic rings. The van der Waals surface area contributed by atoms with Gasteiger partial charge in [0, 0.05) is 19.5 Å². The van der Waals surface area contributed by atoms with Crippen molar-refractivity contribution in [3.05, 3.63) is 23.9 Å². The number of hydrogen-bond donors (Lipinski definition) is 0. The fourth-order valence-corrected chi connectivity index (χ4v) is 1.40. The van der Waals surface area contributed by atoms with Crippen molar-refractivity contribution in [1.29, 1.82) is 0 Å². The molecule has 0 radical (unpaired) electrons. The maximum absolute atomic E-state index is 11.1. The predicted octanol–water partition coefficient (Wildman–Crippen LogP) is 0.715. The Morgan fingerprint density at radius 3 is 3.20 bits per heavy atom. The number of carbonyl (C=O) groups excluding carboxylic acids is 1. The van der Waals surface area contributed by atoms with Crippen LogP contribution >= 0.6 is 0 Å². The van der Waals surface area contributed by atoms with E-state index in [4.69, 9.17) is 0 Å². The van der Waals surface area contributed by atoms with Gasteiger partial charge in [-0.15, -0.1) is 0 Å². The lowest BCUT2D eigenvalue weighted by molar-refractivity contribution is -0.114. The summed E-state index contributed by atoms with van der Waals surface area (Å²) in [4.78, 5) is 13.2. The second-order valence-corrected chi connectivity index (χ2v) is 2.60. The largest absolute Gasteiger partial charge is 0.364 e. The number of allylic oxidation sites excluding steroid dienone is 3. The number of Topliss-reactive ketones (excluding diaryl/α,β-unsaturated/α-hetero) is 1. The molecule has 2 aliphatic heterocycles. The van der Waals surface area contributed by atoms with E-state index in [-0.39, 0.29) is 0 Å². The van der Waals surface area contributed by atoms with Crippen molar-refractivity contribution >= 4 is 5.78 Å². The van der Waals surface area contributed by atoms with E-state index in [1.54, 1.807) is 0 Å². The second kappa shape index (κ2) is 1.97. The van der Waals surface area contributed by atoms with Crippen molar-refractivity contribution in [2.45, 2.75) is 6.42 Å². The number of hydrogen-bond acceptors (Lipinski definition) is 2. The van der Waals surface area contributed by atoms with Crippen LogP contribution in [-0.2, 0) is 4.79 Å². The molecule has 0 saturated carbocycles. The van der Waals surface area contributed by atoms with E-state index in [1.165, 1.54) is 0 Å². The molecule has 0 aromatic heterocycles. The number of carbonyl (C=O) groups is 1. The summed E-state index contributed by atoms with van der Waals surface area (Å²) in [6.45, 7) is 1.83. The summed E-state index contributed by atoms with van der Waals surface area (Å²) in [7, 11) is 0. The van der Waals surface area contributed by atoms with Crippen molar-refractivity contribution in [2.24, 2.45) is 0 Å². The van der Waals surface area contributed by atoms with Crippen LogP contribution in [0.25, 0.3) is 0 Å². The third kappa shape index (κ3) is 0.685. The van der Waals surface area contributed by atoms with Crippen LogP contribution in [0.1, 0.15) is 6.42 Å². The van der Waals surface area contributed by atoms with Crippen molar-refractivity contribution < 1.29 is 4.79 Å². The Morgan fingerprint density at radius 1 is 1.50 bits per heavy atom. The van der Waals surface area contributed by atoms with Crippen LogP contribution in [0.15, 0.2) is 23.9 Å². The fraction of sp³-hybridized carbons (Fsp3) is 0.375. The van der Waals surface area contributed by atoms with Gasteiger partial charge in [0.2, 0.25) is 0 Å². The monoisotopic (exact) mass is 135 g/mol. The molecule has 0 amide bonds. The molecule has 0 aromatic carbocycles. The summed E-state index contributed by atoms with van der Waals surface area (Å²) in [6.07, 6.45) is 6.63. The lowest BCUT2D eigenvalue weighted by Crippen LogP contribution is -2.20. The average Bonchev–Trinajstić information content (AvgIpc) is 2.34. The zero-order valence-electron chi connectivity index (χ0n) is 5.71. The molecular weight excluding hydrogens is 126 g/mol. The van der Waals surface area contributed by atoms with Crippen LogP contribution in [0.2, 0.25) is 0 Å². The summed E-state index contributed by atoms with van der Waals surface area (Å²) >= 11 is 0. The topological polar surface area (TPSA) is 20.3 Å². The highest BCUT2D eigenvalue weighted by Gasteiger charge is 2.24. The smallest absolute Gasteiger partial charge is 0.180 e. The SMILES string of the molecule is O=C1CCN2CC=CC=C12. The first-order valence-electron chi connectivity index (χ1n) is 3.53. The summed E-state index contributed by atoms with van der Waals surface area (Å²) in [5.41, 5.74) is 0.905. The summed E-state index contributed by atoms with van der Waals surface area (Å²) < 4.78 is 0. The molecule has 1 saturated heterocycles. The van der Waals surface area contributed by atoms with Gasteiger partial charge in [0.05, 0.1) is 5.70 Å². The van der Waals surface area contributed by atoms with Crippen molar-refractivity contribution in [3.63, 3.8) is 0 Å². The standard InChI is InChI=1S/C8H9NO/c10-8-4-6-9-5-2-1-3-7(8)9/h1-3H,4-6H2. The molecule has 2 heteroatoms. The number of ketones is 1. The third-order valence-electron chi connectivity index (χ3n) is 1.95. The van der Waals surface area contributed by atoms with E-state index < -0.39 is 0 Å². The number of fused-ring (bicyclic) bond motifs is 1. The molecule has 2 rings (SSSR count). The van der Waals surface area contributed by atoms with Crippen molar-refractivity contribution in [2.75, 3.05) is 13.1 Å². The molecule has 0 aliphatic carbocycles. The Bertz CT molecular complexity index is 227. The number of rotatable bonds is 0. The molecule has 0 N–H and O–H groups in total. The zero-order valence-corrected chi connectivity index (χ0v) is 5.71. The van der Waals surface area contributed by atoms with Crippen LogP contribution in [0.5, 0.6) is 0 Å². The van der Waals surface area contributed by atoms with Crippen LogP contribution in [0.4, 0.5) is 0 Å². The number of nitrogens with zero attached hydrogens (tertiary/aromatic N) is 1. The highest BCUT2D eigenvalue weighted by molar-refractivity contribution is 5.97. The fourth-order valence-electron chi connectivity index (χ4n) is 1.40. The van der Waals surface area contributed by atoms with Gasteiger partial charge in [0.15, 0.2) is 5.78 Å². The van der Waals surface area contributed by atoms with Crippen molar-refractivity contribution in [1.82, 2.24) is 4.90 Å². The minimum absolute atomic E-state index is 0.296. The van der Waals surface area contributed by atoms with Gasteiger partial charge in [-0.2, -0.15) is 0 Å². The molecule has 52 valence electrons. The molecule has 1 fully saturated rings. The van der Waals surface area contributed by atoms with Crippen LogP contribution < -0.4 is 0 Å². The Hall–Kier alpha value is -1.05. The first-order chi connectivity index (χ1) is 4.88. The molecule has 0 unspecified atom stereocenters. The summed E-state index contributed by atoms with van der Waals surface area (Å²) in [5.74, 6) is 0.296. The van der Waals surface area contributed by atoms with E-state index in [0.29, 0.717) is 12.2 Å². The van der Waals surface area contributed by atoms with E-state index in [2.05, 4.69) is 11.0 Å². The van der Waals surface area contributed by atoms with Gasteiger partial charge in [0.25, 0.3) is 0 Å². The van der Waals surface area contributed by atoms with Crippen molar-refractivity contribution in [3.8, 4) is 0 Å². The van der Waals surface area contributed by atoms with Crippen LogP contribution in [0.3, 0.4) is 0 Å². The minimum atomic E-state index is 0.296. The molecule has 2 aliphatic rings. The maximum atomic E-state index is 11.1. The average molecular weight is 135 g/mol. The quantitative estimate of drug-likeness (QED) is 0.487. The molecule has 2 nitrogen and oxygen atoms in total. The van der Waals surface area contributed by atoms with Gasteiger partial charge in [-0.3, -0.25) is 4.79 Å². The molecule has 0 spiro atoms. The van der Waals surface area contributed by atoms with E-state index in [1.807, 2.05) is 12.2 Å². The molecule has 2 heterocycles. The summed E-state index contributed by atoms with van der Waals surface area (Å²) in [5, 5.41) is 0. The molecule has 0 atom stereocenters. The summed E-state index contributed by atoms with van der Waals surface area (Å²) in [6, 6.07) is 0. The lowest BCUT2D eigenvalue weighted by Gasteiger charge is -2.18. The minimum Gasteiger partial charge on any atom is -0.364 e. The van der Waals surface area contributed by atoms with E-state index in [0.717, 1.165) is 18.8 Å². The van der Waals surface area contributed by atoms with Gasteiger partial charge in [-0.05, 0) is 6.08 Å². The predicted molar refractivity (Wildman–Crippen MR) is 38.4 cm³/mol. The van der Waals surface area contributed by atoms with Crippen LogP contribution in [-0.4, -0.2) is 23.8 Å². The Labute approximate surface area is 59.8 Å². The van der Waals surface area contributed by atoms with Gasteiger partial charge < -0.3 is 4.90 Å². The maximum Gasteiger partial charge on any atom is 0.180 e. The highest BCUT2D eigenvalue weighted by atomic mass is 16.1. The van der Waals surface area contributed by atoms with Gasteiger partial charge in [-0.1, -0.05) is 12.2 Å². The van der Waals surface area contributed by atoms with Crippen LogP contribution in [0, 0.1) is 0 Å². The first-order valence-corrected chi connectivity index (χ1v) is 3.53. The van der Waals surface area contributed by atoms with E-state index in [9.17, 15) is 4.79 Å². The first kappa shape index (κ1) is 5.71. The highest BCUT2D eigenvalue weighted by Crippen LogP contribution is 2.19. The third-order valence-corrected chi connectivity index (χ3v) is 1.95. The Kier molecular flexibility index (Phi) is 1.13. The van der Waals surface area contributed by atoms with E-state index >= 15 is 0 Å². The molecule has 10 heavy (non-hydrogen) atoms. The molecular formula is C8H9NO. The Morgan fingerprint density at radius 2 is 2.40 bits per heavy atom. The lowest BCUT2D eigenvalue weighted by atomic mass is 10.2. The van der Waals surface area contributed by atoms with Gasteiger partial charge >= 0.3 is 0 Å². The normalized spacial score (nSPS) is 23.0. The Balaban J connectivity index is 2.33.